The van der Waals surface area contributed by atoms with Gasteiger partial charge in [-0.05, 0) is 39.7 Å². The van der Waals surface area contributed by atoms with Gasteiger partial charge >= 0.3 is 0 Å². The lowest BCUT2D eigenvalue weighted by Gasteiger charge is -2.16. The molecule has 5 nitrogen and oxygen atoms in total. The molecule has 1 heterocycles. The number of furan rings is 1. The van der Waals surface area contributed by atoms with Crippen molar-refractivity contribution in [3.8, 4) is 0 Å². The van der Waals surface area contributed by atoms with Crippen molar-refractivity contribution in [3.63, 3.8) is 0 Å². The van der Waals surface area contributed by atoms with Gasteiger partial charge in [0.1, 0.15) is 0 Å². The Labute approximate surface area is 124 Å². The van der Waals surface area contributed by atoms with E-state index in [2.05, 4.69) is 15.9 Å². The normalized spacial score (nSPS) is 10.3. The molecule has 0 fully saturated rings. The highest BCUT2D eigenvalue weighted by molar-refractivity contribution is 9.10. The van der Waals surface area contributed by atoms with E-state index < -0.39 is 5.91 Å². The number of primary amides is 1. The standard InChI is InChI=1S/C14H13BrN2O3/c1-17(14(19)12-11(15)5-6-20-12)8-9-3-2-4-10(7-9)13(16)18/h2-7H,8H2,1H3,(H2,16,18). The molecule has 2 N–H and O–H groups in total. The van der Waals surface area contributed by atoms with E-state index in [1.807, 2.05) is 6.07 Å². The molecule has 0 atom stereocenters. The van der Waals surface area contributed by atoms with E-state index in [-0.39, 0.29) is 11.7 Å². The van der Waals surface area contributed by atoms with Crippen molar-refractivity contribution < 1.29 is 14.0 Å². The Morgan fingerprint density at radius 3 is 2.70 bits per heavy atom. The van der Waals surface area contributed by atoms with Gasteiger partial charge < -0.3 is 15.1 Å². The summed E-state index contributed by atoms with van der Waals surface area (Å²) in [4.78, 5) is 24.8. The molecule has 2 aromatic rings. The zero-order chi connectivity index (χ0) is 14.7. The van der Waals surface area contributed by atoms with E-state index in [4.69, 9.17) is 10.2 Å². The third-order valence-corrected chi connectivity index (χ3v) is 3.41. The zero-order valence-corrected chi connectivity index (χ0v) is 12.4. The molecule has 104 valence electrons. The number of hydrogen-bond acceptors (Lipinski definition) is 3. The maximum Gasteiger partial charge on any atom is 0.290 e. The number of halogens is 1. The Balaban J connectivity index is 2.14. The van der Waals surface area contributed by atoms with Gasteiger partial charge in [-0.25, -0.2) is 0 Å². The Hall–Kier alpha value is -2.08. The minimum atomic E-state index is -0.491. The van der Waals surface area contributed by atoms with Crippen molar-refractivity contribution in [1.82, 2.24) is 4.90 Å². The number of nitrogens with zero attached hydrogens (tertiary/aromatic N) is 1. The first-order valence-electron chi connectivity index (χ1n) is 5.86. The van der Waals surface area contributed by atoms with Crippen LogP contribution >= 0.6 is 15.9 Å². The van der Waals surface area contributed by atoms with Crippen molar-refractivity contribution in [2.75, 3.05) is 7.05 Å². The Morgan fingerprint density at radius 2 is 2.10 bits per heavy atom. The van der Waals surface area contributed by atoms with Gasteiger partial charge in [0.25, 0.3) is 5.91 Å². The predicted octanol–water partition coefficient (Wildman–Crippen LogP) is 2.41. The van der Waals surface area contributed by atoms with E-state index in [1.165, 1.54) is 11.2 Å². The van der Waals surface area contributed by atoms with Crippen molar-refractivity contribution in [2.24, 2.45) is 5.73 Å². The van der Waals surface area contributed by atoms with E-state index in [1.54, 1.807) is 31.3 Å². The van der Waals surface area contributed by atoms with E-state index in [0.29, 0.717) is 16.6 Å². The fourth-order valence-corrected chi connectivity index (χ4v) is 2.16. The topological polar surface area (TPSA) is 76.5 Å². The fraction of sp³-hybridized carbons (Fsp3) is 0.143. The molecule has 6 heteroatoms. The number of carbonyl (C=O) groups excluding carboxylic acids is 2. The second-order valence-electron chi connectivity index (χ2n) is 4.32. The van der Waals surface area contributed by atoms with Gasteiger partial charge in [-0.15, -0.1) is 0 Å². The predicted molar refractivity (Wildman–Crippen MR) is 77.2 cm³/mol. The Kier molecular flexibility index (Phi) is 4.24. The molecule has 1 aromatic carbocycles. The highest BCUT2D eigenvalue weighted by atomic mass is 79.9. The van der Waals surface area contributed by atoms with Gasteiger partial charge in [-0.2, -0.15) is 0 Å². The van der Waals surface area contributed by atoms with Crippen LogP contribution in [0.2, 0.25) is 0 Å². The highest BCUT2D eigenvalue weighted by Gasteiger charge is 2.18. The summed E-state index contributed by atoms with van der Waals surface area (Å²) in [7, 11) is 1.66. The first kappa shape index (κ1) is 14.3. The summed E-state index contributed by atoms with van der Waals surface area (Å²) in [6.45, 7) is 0.354. The van der Waals surface area contributed by atoms with Gasteiger partial charge in [-0.1, -0.05) is 12.1 Å². The van der Waals surface area contributed by atoms with Crippen LogP contribution in [0.25, 0.3) is 0 Å². The van der Waals surface area contributed by atoms with E-state index in [9.17, 15) is 9.59 Å². The van der Waals surface area contributed by atoms with Gasteiger partial charge in [0, 0.05) is 19.2 Å². The number of carbonyl (C=O) groups is 2. The summed E-state index contributed by atoms with van der Waals surface area (Å²) in [6, 6.07) is 8.53. The second-order valence-corrected chi connectivity index (χ2v) is 5.18. The van der Waals surface area contributed by atoms with Gasteiger partial charge in [0.15, 0.2) is 0 Å². The SMILES string of the molecule is CN(Cc1cccc(C(N)=O)c1)C(=O)c1occc1Br. The van der Waals surface area contributed by atoms with Crippen molar-refractivity contribution in [3.05, 3.63) is 58.0 Å². The summed E-state index contributed by atoms with van der Waals surface area (Å²) in [5.41, 5.74) is 6.47. The minimum Gasteiger partial charge on any atom is -0.458 e. The number of nitrogens with two attached hydrogens (primary N) is 1. The molecule has 0 saturated heterocycles. The van der Waals surface area contributed by atoms with Crippen LogP contribution in [0, 0.1) is 0 Å². The van der Waals surface area contributed by atoms with Crippen molar-refractivity contribution in [2.45, 2.75) is 6.54 Å². The highest BCUT2D eigenvalue weighted by Crippen LogP contribution is 2.19. The summed E-state index contributed by atoms with van der Waals surface area (Å²) in [5, 5.41) is 0. The van der Waals surface area contributed by atoms with Crippen LogP contribution in [0.3, 0.4) is 0 Å². The van der Waals surface area contributed by atoms with Crippen LogP contribution in [0.4, 0.5) is 0 Å². The van der Waals surface area contributed by atoms with Crippen LogP contribution in [0.15, 0.2) is 45.5 Å². The lowest BCUT2D eigenvalue weighted by molar-refractivity contribution is 0.0752. The lowest BCUT2D eigenvalue weighted by atomic mass is 10.1. The molecule has 0 bridgehead atoms. The van der Waals surface area contributed by atoms with Crippen LogP contribution < -0.4 is 5.73 Å². The third kappa shape index (κ3) is 3.08. The van der Waals surface area contributed by atoms with Gasteiger partial charge in [-0.3, -0.25) is 9.59 Å². The Morgan fingerprint density at radius 1 is 1.35 bits per heavy atom. The summed E-state index contributed by atoms with van der Waals surface area (Å²) in [5.74, 6) is -0.487. The molecule has 1 aromatic heterocycles. The van der Waals surface area contributed by atoms with Crippen molar-refractivity contribution in [1.29, 1.82) is 0 Å². The zero-order valence-electron chi connectivity index (χ0n) is 10.8. The molecule has 2 rings (SSSR count). The Bertz CT molecular complexity index is 651. The molecule has 0 spiro atoms. The van der Waals surface area contributed by atoms with Crippen LogP contribution in [-0.4, -0.2) is 23.8 Å². The first-order chi connectivity index (χ1) is 9.49. The number of benzene rings is 1. The molecule has 20 heavy (non-hydrogen) atoms. The maximum absolute atomic E-state index is 12.2. The molecule has 0 aliphatic heterocycles. The van der Waals surface area contributed by atoms with E-state index >= 15 is 0 Å². The third-order valence-electron chi connectivity index (χ3n) is 2.79. The largest absolute Gasteiger partial charge is 0.458 e. The first-order valence-corrected chi connectivity index (χ1v) is 6.65. The summed E-state index contributed by atoms with van der Waals surface area (Å²) in [6.07, 6.45) is 1.44. The minimum absolute atomic E-state index is 0.244. The summed E-state index contributed by atoms with van der Waals surface area (Å²) >= 11 is 3.25. The molecule has 0 aliphatic rings. The molecular formula is C14H13BrN2O3. The van der Waals surface area contributed by atoms with Crippen LogP contribution in [-0.2, 0) is 6.54 Å². The quantitative estimate of drug-likeness (QED) is 0.931. The molecule has 0 saturated carbocycles. The van der Waals surface area contributed by atoms with Gasteiger partial charge in [0.05, 0.1) is 10.7 Å². The number of rotatable bonds is 4. The number of hydrogen-bond donors (Lipinski definition) is 1. The number of amides is 2. The second kappa shape index (κ2) is 5.92. The molecule has 2 amide bonds. The average Bonchev–Trinajstić information content (AvgIpc) is 2.84. The fourth-order valence-electron chi connectivity index (χ4n) is 1.79. The smallest absolute Gasteiger partial charge is 0.290 e. The summed E-state index contributed by atoms with van der Waals surface area (Å²) < 4.78 is 5.75. The van der Waals surface area contributed by atoms with Crippen LogP contribution in [0.5, 0.6) is 0 Å². The van der Waals surface area contributed by atoms with Gasteiger partial charge in [0.2, 0.25) is 11.7 Å². The monoisotopic (exact) mass is 336 g/mol. The van der Waals surface area contributed by atoms with Crippen molar-refractivity contribution >= 4 is 27.7 Å². The molecule has 0 radical (unpaired) electrons. The van der Waals surface area contributed by atoms with E-state index in [0.717, 1.165) is 5.56 Å². The average molecular weight is 337 g/mol. The molecular weight excluding hydrogens is 324 g/mol. The molecule has 0 aliphatic carbocycles. The van der Waals surface area contributed by atoms with Crippen LogP contribution in [0.1, 0.15) is 26.5 Å². The lowest BCUT2D eigenvalue weighted by Crippen LogP contribution is -2.26. The maximum atomic E-state index is 12.2. The molecule has 0 unspecified atom stereocenters.